The number of fused-ring (bicyclic) bond motifs is 1. The van der Waals surface area contributed by atoms with Crippen LogP contribution in [-0.2, 0) is 17.5 Å². The summed E-state index contributed by atoms with van der Waals surface area (Å²) in [6.07, 6.45) is -4.95. The Bertz CT molecular complexity index is 1010. The summed E-state index contributed by atoms with van der Waals surface area (Å²) < 4.78 is 57.4. The number of alkyl halides is 3. The molecule has 0 aromatic heterocycles. The topological polar surface area (TPSA) is 58.6 Å². The lowest BCUT2D eigenvalue weighted by Gasteiger charge is -2.23. The molecule has 1 aliphatic heterocycles. The highest BCUT2D eigenvalue weighted by Crippen LogP contribution is 2.37. The van der Waals surface area contributed by atoms with E-state index in [1.54, 1.807) is 11.8 Å². The molecule has 160 valence electrons. The normalized spacial score (nSPS) is 14.6. The molecule has 10 heteroatoms. The van der Waals surface area contributed by atoms with Crippen LogP contribution in [0.5, 0.6) is 0 Å². The first-order valence-corrected chi connectivity index (χ1v) is 9.21. The number of nitrogens with zero attached hydrogens (tertiary/aromatic N) is 1. The summed E-state index contributed by atoms with van der Waals surface area (Å²) in [6, 6.07) is 4.64. The molecule has 0 fully saturated rings. The van der Waals surface area contributed by atoms with Crippen molar-refractivity contribution in [3.8, 4) is 0 Å². The number of carbonyl (C=O) groups is 2. The number of methoxy groups -OCH3 is 1. The summed E-state index contributed by atoms with van der Waals surface area (Å²) >= 11 is 6.20. The Balaban J connectivity index is 1.93. The van der Waals surface area contributed by atoms with Crippen LogP contribution in [0.1, 0.15) is 38.8 Å². The average molecular weight is 445 g/mol. The quantitative estimate of drug-likeness (QED) is 0.678. The molecule has 3 rings (SSSR count). The third-order valence-corrected chi connectivity index (χ3v) is 5.11. The number of hydrogen-bond acceptors (Lipinski definition) is 3. The number of hydrogen-bond donors (Lipinski definition) is 1. The molecular weight excluding hydrogens is 428 g/mol. The van der Waals surface area contributed by atoms with Crippen molar-refractivity contribution in [1.82, 2.24) is 4.90 Å². The summed E-state index contributed by atoms with van der Waals surface area (Å²) in [5, 5.41) is 2.59. The van der Waals surface area contributed by atoms with Crippen LogP contribution in [0.15, 0.2) is 30.3 Å². The van der Waals surface area contributed by atoms with Gasteiger partial charge in [-0.3, -0.25) is 9.59 Å². The molecular formula is C20H17ClF4N2O3. The van der Waals surface area contributed by atoms with Crippen molar-refractivity contribution in [2.45, 2.75) is 25.7 Å². The fourth-order valence-corrected chi connectivity index (χ4v) is 3.50. The minimum atomic E-state index is -4.95. The van der Waals surface area contributed by atoms with Crippen molar-refractivity contribution in [3.05, 3.63) is 63.4 Å². The lowest BCUT2D eigenvalue weighted by atomic mass is 10.1. The zero-order chi connectivity index (χ0) is 22.2. The molecule has 1 aliphatic rings. The van der Waals surface area contributed by atoms with E-state index in [1.807, 2.05) is 0 Å². The van der Waals surface area contributed by atoms with Crippen molar-refractivity contribution in [2.75, 3.05) is 19.0 Å². The highest BCUT2D eigenvalue weighted by Gasteiger charge is 2.36. The first kappa shape index (κ1) is 22.0. The van der Waals surface area contributed by atoms with Crippen LogP contribution in [0.2, 0.25) is 5.02 Å². The van der Waals surface area contributed by atoms with Crippen LogP contribution < -0.4 is 5.32 Å². The van der Waals surface area contributed by atoms with Gasteiger partial charge in [-0.05, 0) is 37.3 Å². The number of amides is 2. The van der Waals surface area contributed by atoms with Crippen LogP contribution in [-0.4, -0.2) is 36.5 Å². The van der Waals surface area contributed by atoms with Crippen molar-refractivity contribution < 1.29 is 31.9 Å². The summed E-state index contributed by atoms with van der Waals surface area (Å²) in [5.74, 6) is -2.67. The highest BCUT2D eigenvalue weighted by atomic mass is 35.5. The van der Waals surface area contributed by atoms with Gasteiger partial charge in [-0.1, -0.05) is 11.6 Å². The Morgan fingerprint density at radius 1 is 1.30 bits per heavy atom. The second kappa shape index (κ2) is 8.23. The predicted octanol–water partition coefficient (Wildman–Crippen LogP) is 4.74. The van der Waals surface area contributed by atoms with E-state index >= 15 is 0 Å². The fraction of sp³-hybridized carbons (Fsp3) is 0.300. The maximum Gasteiger partial charge on any atom is 0.419 e. The second-order valence-electron chi connectivity index (χ2n) is 6.83. The summed E-state index contributed by atoms with van der Waals surface area (Å²) in [6.45, 7) is 2.24. The van der Waals surface area contributed by atoms with E-state index in [-0.39, 0.29) is 29.2 Å². The lowest BCUT2D eigenvalue weighted by Crippen LogP contribution is -2.36. The second-order valence-corrected chi connectivity index (χ2v) is 7.24. The first-order valence-electron chi connectivity index (χ1n) is 8.84. The van der Waals surface area contributed by atoms with Crippen molar-refractivity contribution in [1.29, 1.82) is 0 Å². The average Bonchev–Trinajstić information content (AvgIpc) is 3.00. The zero-order valence-corrected chi connectivity index (χ0v) is 16.7. The van der Waals surface area contributed by atoms with Gasteiger partial charge in [-0.25, -0.2) is 4.39 Å². The van der Waals surface area contributed by atoms with Crippen molar-refractivity contribution >= 4 is 29.1 Å². The summed E-state index contributed by atoms with van der Waals surface area (Å²) in [7, 11) is 1.50. The minimum Gasteiger partial charge on any atom is -0.383 e. The van der Waals surface area contributed by atoms with Crippen LogP contribution in [0.4, 0.5) is 23.2 Å². The van der Waals surface area contributed by atoms with Gasteiger partial charge < -0.3 is 15.0 Å². The van der Waals surface area contributed by atoms with Gasteiger partial charge in [0.2, 0.25) is 0 Å². The standard InChI is InChI=1S/C20H17ClF4N2O3/c1-10(9-30-2)27-8-13-12(19(27)29)4-5-15(21)17(13)26-18(28)11-3-6-16(22)14(7-11)20(23,24)25/h3-7,10H,8-9H2,1-2H3,(H,26,28)/t10-/m1/s1. The molecule has 2 aromatic carbocycles. The number of nitrogens with one attached hydrogen (secondary N) is 1. The third-order valence-electron chi connectivity index (χ3n) is 4.79. The number of rotatable bonds is 5. The third kappa shape index (κ3) is 4.13. The van der Waals surface area contributed by atoms with E-state index in [1.165, 1.54) is 19.2 Å². The van der Waals surface area contributed by atoms with Gasteiger partial charge in [0.25, 0.3) is 11.8 Å². The monoisotopic (exact) mass is 444 g/mol. The van der Waals surface area contributed by atoms with Gasteiger partial charge >= 0.3 is 6.18 Å². The molecule has 0 saturated carbocycles. The minimum absolute atomic E-state index is 0.120. The van der Waals surface area contributed by atoms with Crippen LogP contribution in [0, 0.1) is 5.82 Å². The number of anilines is 1. The van der Waals surface area contributed by atoms with Gasteiger partial charge in [0, 0.05) is 30.3 Å². The molecule has 2 aromatic rings. The Kier molecular flexibility index (Phi) is 6.05. The zero-order valence-electron chi connectivity index (χ0n) is 15.9. The SMILES string of the molecule is COC[C@@H](C)N1Cc2c(ccc(Cl)c2NC(=O)c2ccc(F)c(C(F)(F)F)c2)C1=O. The van der Waals surface area contributed by atoms with Gasteiger partial charge in [-0.2, -0.15) is 13.2 Å². The molecule has 0 aliphatic carbocycles. The van der Waals surface area contributed by atoms with Crippen LogP contribution >= 0.6 is 11.6 Å². The van der Waals surface area contributed by atoms with Gasteiger partial charge in [-0.15, -0.1) is 0 Å². The van der Waals surface area contributed by atoms with Crippen LogP contribution in [0.3, 0.4) is 0 Å². The molecule has 2 amide bonds. The number of carbonyl (C=O) groups excluding carboxylic acids is 2. The number of halogens is 5. The smallest absolute Gasteiger partial charge is 0.383 e. The fourth-order valence-electron chi connectivity index (χ4n) is 3.27. The van der Waals surface area contributed by atoms with Gasteiger partial charge in [0.05, 0.1) is 28.9 Å². The molecule has 1 heterocycles. The van der Waals surface area contributed by atoms with E-state index in [9.17, 15) is 27.2 Å². The predicted molar refractivity (Wildman–Crippen MR) is 102 cm³/mol. The van der Waals surface area contributed by atoms with E-state index < -0.39 is 29.0 Å². The molecule has 0 spiro atoms. The van der Waals surface area contributed by atoms with Crippen LogP contribution in [0.25, 0.3) is 0 Å². The largest absolute Gasteiger partial charge is 0.419 e. The van der Waals surface area contributed by atoms with Crippen molar-refractivity contribution in [2.24, 2.45) is 0 Å². The first-order chi connectivity index (χ1) is 14.0. The van der Waals surface area contributed by atoms with Gasteiger partial charge in [0.1, 0.15) is 5.82 Å². The maximum absolute atomic E-state index is 13.5. The van der Waals surface area contributed by atoms with E-state index in [0.29, 0.717) is 29.9 Å². The number of ether oxygens (including phenoxy) is 1. The lowest BCUT2D eigenvalue weighted by molar-refractivity contribution is -0.140. The van der Waals surface area contributed by atoms with Crippen molar-refractivity contribution in [3.63, 3.8) is 0 Å². The van der Waals surface area contributed by atoms with E-state index in [2.05, 4.69) is 5.32 Å². The Morgan fingerprint density at radius 2 is 2.00 bits per heavy atom. The summed E-state index contributed by atoms with van der Waals surface area (Å²) in [4.78, 5) is 26.8. The molecule has 30 heavy (non-hydrogen) atoms. The maximum atomic E-state index is 13.5. The number of benzene rings is 2. The molecule has 1 N–H and O–H groups in total. The Morgan fingerprint density at radius 3 is 2.63 bits per heavy atom. The summed E-state index contributed by atoms with van der Waals surface area (Å²) in [5.41, 5.74) is -1.05. The van der Waals surface area contributed by atoms with Gasteiger partial charge in [0.15, 0.2) is 0 Å². The highest BCUT2D eigenvalue weighted by molar-refractivity contribution is 6.34. The molecule has 0 saturated heterocycles. The van der Waals surface area contributed by atoms with E-state index in [0.717, 1.165) is 6.07 Å². The molecule has 1 atom stereocenters. The Hall–Kier alpha value is -2.65. The van der Waals surface area contributed by atoms with E-state index in [4.69, 9.17) is 16.3 Å². The molecule has 0 unspecified atom stereocenters. The molecule has 5 nitrogen and oxygen atoms in total. The molecule has 0 bridgehead atoms. The Labute approximate surface area is 174 Å². The molecule has 0 radical (unpaired) electrons.